The third-order valence-corrected chi connectivity index (χ3v) is 2.56. The van der Waals surface area contributed by atoms with Gasteiger partial charge in [0, 0.05) is 19.3 Å². The molecule has 0 saturated carbocycles. The summed E-state index contributed by atoms with van der Waals surface area (Å²) in [7, 11) is 0. The molecule has 0 spiro atoms. The number of allylic oxidation sites excluding steroid dienone is 1. The van der Waals surface area contributed by atoms with Crippen molar-refractivity contribution in [1.29, 1.82) is 0 Å². The molecule has 0 unspecified atom stereocenters. The van der Waals surface area contributed by atoms with Crippen molar-refractivity contribution in [1.82, 2.24) is 16.0 Å². The first-order chi connectivity index (χ1) is 8.77. The van der Waals surface area contributed by atoms with Crippen LogP contribution in [0.15, 0.2) is 11.8 Å². The summed E-state index contributed by atoms with van der Waals surface area (Å²) in [6, 6.07) is -0.297. The number of nitrogens with one attached hydrogen (secondary N) is 3. The molecule has 3 N–H and O–H groups in total. The molecule has 0 radical (unpaired) electrons. The minimum atomic E-state index is -0.479. The van der Waals surface area contributed by atoms with E-state index in [1.165, 1.54) is 0 Å². The number of hydrogen-bond donors (Lipinski definition) is 3. The highest BCUT2D eigenvalue weighted by molar-refractivity contribution is 5.75. The van der Waals surface area contributed by atoms with Gasteiger partial charge in [-0.05, 0) is 19.3 Å². The molecule has 0 atom stereocenters. The average Bonchev–Trinajstić information content (AvgIpc) is 2.30. The monoisotopic (exact) mass is 271 g/mol. The number of rotatable bonds is 5. The second-order valence-electron chi connectivity index (χ2n) is 5.12. The van der Waals surface area contributed by atoms with Crippen LogP contribution in [0.4, 0.5) is 9.59 Å². The third-order valence-electron chi connectivity index (χ3n) is 2.56. The molecule has 0 aliphatic carbocycles. The van der Waals surface area contributed by atoms with E-state index >= 15 is 0 Å². The number of alkyl carbamates (subject to hydrolysis) is 1. The molecular weight excluding hydrogens is 246 g/mol. The largest absolute Gasteiger partial charge is 0.450 e. The maximum atomic E-state index is 11.4. The van der Waals surface area contributed by atoms with Crippen molar-refractivity contribution < 1.29 is 14.3 Å². The van der Waals surface area contributed by atoms with Gasteiger partial charge in [-0.3, -0.25) is 0 Å². The molecule has 0 fully saturated rings. The number of hydrogen-bond acceptors (Lipinski definition) is 3. The van der Waals surface area contributed by atoms with Crippen molar-refractivity contribution in [3.05, 3.63) is 11.8 Å². The van der Waals surface area contributed by atoms with E-state index in [1.54, 1.807) is 13.1 Å². The van der Waals surface area contributed by atoms with E-state index in [0.29, 0.717) is 19.7 Å². The summed E-state index contributed by atoms with van der Waals surface area (Å²) in [4.78, 5) is 22.4. The molecule has 0 rings (SSSR count). The van der Waals surface area contributed by atoms with Gasteiger partial charge < -0.3 is 20.7 Å². The Labute approximate surface area is 115 Å². The molecule has 0 heterocycles. The van der Waals surface area contributed by atoms with Gasteiger partial charge in [-0.25, -0.2) is 9.59 Å². The predicted octanol–water partition coefficient (Wildman–Crippen LogP) is 1.98. The van der Waals surface area contributed by atoms with Crippen molar-refractivity contribution >= 4 is 12.1 Å². The molecule has 6 nitrogen and oxygen atoms in total. The van der Waals surface area contributed by atoms with E-state index in [9.17, 15) is 9.59 Å². The molecular formula is C13H25N3O3. The molecule has 3 amide bonds. The fraction of sp³-hybridized carbons (Fsp3) is 0.692. The Balaban J connectivity index is 3.80. The molecule has 0 aliphatic rings. The Morgan fingerprint density at radius 1 is 1.16 bits per heavy atom. The van der Waals surface area contributed by atoms with Gasteiger partial charge in [0.15, 0.2) is 0 Å². The van der Waals surface area contributed by atoms with Crippen LogP contribution in [0.5, 0.6) is 0 Å². The fourth-order valence-corrected chi connectivity index (χ4v) is 0.964. The van der Waals surface area contributed by atoms with Gasteiger partial charge in [0.05, 0.1) is 6.61 Å². The van der Waals surface area contributed by atoms with Crippen LogP contribution in [0.1, 0.15) is 34.6 Å². The first-order valence-electron chi connectivity index (χ1n) is 6.39. The molecule has 0 aromatic carbocycles. The third kappa shape index (κ3) is 8.93. The number of carbonyl (C=O) groups is 2. The number of urea groups is 1. The first-order valence-corrected chi connectivity index (χ1v) is 6.39. The second kappa shape index (κ2) is 8.39. The topological polar surface area (TPSA) is 79.5 Å². The zero-order valence-corrected chi connectivity index (χ0v) is 12.4. The van der Waals surface area contributed by atoms with E-state index in [2.05, 4.69) is 41.5 Å². The molecule has 6 heteroatoms. The van der Waals surface area contributed by atoms with E-state index in [1.807, 2.05) is 6.92 Å². The van der Waals surface area contributed by atoms with Gasteiger partial charge in [0.25, 0.3) is 0 Å². The quantitative estimate of drug-likeness (QED) is 0.669. The lowest BCUT2D eigenvalue weighted by Crippen LogP contribution is -2.38. The highest BCUT2D eigenvalue weighted by Gasteiger charge is 2.12. The van der Waals surface area contributed by atoms with Gasteiger partial charge in [-0.1, -0.05) is 26.3 Å². The van der Waals surface area contributed by atoms with Crippen molar-refractivity contribution in [2.75, 3.05) is 19.7 Å². The minimum Gasteiger partial charge on any atom is -0.450 e. The van der Waals surface area contributed by atoms with Crippen LogP contribution in [0.3, 0.4) is 0 Å². The summed E-state index contributed by atoms with van der Waals surface area (Å²) in [5.41, 5.74) is 1.10. The lowest BCUT2D eigenvalue weighted by molar-refractivity contribution is 0.152. The van der Waals surface area contributed by atoms with Gasteiger partial charge >= 0.3 is 12.1 Å². The van der Waals surface area contributed by atoms with E-state index in [4.69, 9.17) is 0 Å². The van der Waals surface area contributed by atoms with Crippen LogP contribution in [0, 0.1) is 5.41 Å². The number of ether oxygens (including phenoxy) is 1. The fourth-order valence-electron chi connectivity index (χ4n) is 0.964. The summed E-state index contributed by atoms with van der Waals surface area (Å²) in [6.07, 6.45) is 1.21. The van der Waals surface area contributed by atoms with Crippen LogP contribution in [0.25, 0.3) is 0 Å². The second-order valence-corrected chi connectivity index (χ2v) is 5.12. The number of carbonyl (C=O) groups excluding carboxylic acids is 2. The van der Waals surface area contributed by atoms with Crippen LogP contribution >= 0.6 is 0 Å². The van der Waals surface area contributed by atoms with Gasteiger partial charge in [0.1, 0.15) is 0 Å². The smallest absolute Gasteiger partial charge is 0.407 e. The zero-order chi connectivity index (χ0) is 14.9. The lowest BCUT2D eigenvalue weighted by Gasteiger charge is -2.19. The molecule has 0 aliphatic heterocycles. The Kier molecular flexibility index (Phi) is 7.63. The highest BCUT2D eigenvalue weighted by atomic mass is 16.5. The molecule has 0 aromatic heterocycles. The van der Waals surface area contributed by atoms with Crippen molar-refractivity contribution in [2.24, 2.45) is 5.41 Å². The molecule has 110 valence electrons. The zero-order valence-electron chi connectivity index (χ0n) is 12.4. The lowest BCUT2D eigenvalue weighted by atomic mass is 9.88. The Morgan fingerprint density at radius 3 is 2.26 bits per heavy atom. The normalized spacial score (nSPS) is 11.7. The van der Waals surface area contributed by atoms with Gasteiger partial charge in [-0.2, -0.15) is 0 Å². The standard InChI is InChI=1S/C13H25N3O3/c1-6-19-12(18)15-8-7-14-11(17)16-9-10(2)13(3,4)5/h9H,6-8H2,1-5H3,(H,15,18)(H2,14,16,17)/b10-9+. The van der Waals surface area contributed by atoms with Crippen molar-refractivity contribution in [3.8, 4) is 0 Å². The molecule has 0 saturated heterocycles. The van der Waals surface area contributed by atoms with Gasteiger partial charge in [-0.15, -0.1) is 0 Å². The minimum absolute atomic E-state index is 0.0265. The summed E-state index contributed by atoms with van der Waals surface area (Å²) >= 11 is 0. The number of amides is 3. The Bertz CT molecular complexity index is 333. The summed E-state index contributed by atoms with van der Waals surface area (Å²) in [5, 5.41) is 7.78. The highest BCUT2D eigenvalue weighted by Crippen LogP contribution is 2.23. The maximum absolute atomic E-state index is 11.4. The maximum Gasteiger partial charge on any atom is 0.407 e. The van der Waals surface area contributed by atoms with Crippen molar-refractivity contribution in [2.45, 2.75) is 34.6 Å². The van der Waals surface area contributed by atoms with Crippen LogP contribution in [-0.4, -0.2) is 31.8 Å². The van der Waals surface area contributed by atoms with E-state index in [0.717, 1.165) is 5.57 Å². The molecule has 0 aromatic rings. The van der Waals surface area contributed by atoms with Crippen LogP contribution < -0.4 is 16.0 Å². The van der Waals surface area contributed by atoms with Crippen LogP contribution in [-0.2, 0) is 4.74 Å². The SMILES string of the molecule is CCOC(=O)NCCNC(=O)N/C=C(\C)C(C)(C)C. The first kappa shape index (κ1) is 17.3. The van der Waals surface area contributed by atoms with Crippen LogP contribution in [0.2, 0.25) is 0 Å². The average molecular weight is 271 g/mol. The summed E-state index contributed by atoms with van der Waals surface area (Å²) in [5.74, 6) is 0. The van der Waals surface area contributed by atoms with E-state index in [-0.39, 0.29) is 11.4 Å². The van der Waals surface area contributed by atoms with E-state index < -0.39 is 6.09 Å². The Hall–Kier alpha value is -1.72. The predicted molar refractivity (Wildman–Crippen MR) is 74.8 cm³/mol. The van der Waals surface area contributed by atoms with Crippen molar-refractivity contribution in [3.63, 3.8) is 0 Å². The van der Waals surface area contributed by atoms with Gasteiger partial charge in [0.2, 0.25) is 0 Å². The molecule has 19 heavy (non-hydrogen) atoms. The summed E-state index contributed by atoms with van der Waals surface area (Å²) in [6.45, 7) is 10.9. The molecule has 0 bridgehead atoms. The Morgan fingerprint density at radius 2 is 1.74 bits per heavy atom. The summed E-state index contributed by atoms with van der Waals surface area (Å²) < 4.78 is 4.68.